The summed E-state index contributed by atoms with van der Waals surface area (Å²) in [6.07, 6.45) is 1.51. The lowest BCUT2D eigenvalue weighted by molar-refractivity contribution is 0.0939. The molecule has 0 saturated heterocycles. The fraction of sp³-hybridized carbons (Fsp3) is 0.200. The highest BCUT2D eigenvalue weighted by molar-refractivity contribution is 5.92. The summed E-state index contributed by atoms with van der Waals surface area (Å²) in [5.74, 6) is 0.898. The van der Waals surface area contributed by atoms with Crippen molar-refractivity contribution >= 4 is 5.91 Å². The molecule has 5 heteroatoms. The number of aliphatic hydroxyl groups excluding tert-OH is 1. The van der Waals surface area contributed by atoms with E-state index in [0.29, 0.717) is 11.5 Å². The van der Waals surface area contributed by atoms with Crippen LogP contribution in [-0.2, 0) is 0 Å². The van der Waals surface area contributed by atoms with Gasteiger partial charge in [-0.3, -0.25) is 9.78 Å². The van der Waals surface area contributed by atoms with Crippen molar-refractivity contribution in [3.8, 4) is 11.5 Å². The summed E-state index contributed by atoms with van der Waals surface area (Å²) >= 11 is 0. The lowest BCUT2D eigenvalue weighted by Crippen LogP contribution is -2.27. The lowest BCUT2D eigenvalue weighted by atomic mass is 10.2. The zero-order valence-corrected chi connectivity index (χ0v) is 11.2. The molecule has 2 rings (SSSR count). The lowest BCUT2D eigenvalue weighted by Gasteiger charge is -2.07. The van der Waals surface area contributed by atoms with Crippen LogP contribution in [0.25, 0.3) is 0 Å². The second kappa shape index (κ2) is 6.68. The van der Waals surface area contributed by atoms with E-state index < -0.39 is 0 Å². The molecule has 2 N–H and O–H groups in total. The number of aliphatic hydroxyl groups is 1. The molecular weight excluding hydrogens is 256 g/mol. The maximum Gasteiger partial charge on any atom is 0.270 e. The molecule has 1 aromatic heterocycles. The Morgan fingerprint density at radius 1 is 1.25 bits per heavy atom. The fourth-order valence-corrected chi connectivity index (χ4v) is 1.60. The van der Waals surface area contributed by atoms with Gasteiger partial charge >= 0.3 is 0 Å². The van der Waals surface area contributed by atoms with Gasteiger partial charge in [-0.2, -0.15) is 0 Å². The average Bonchev–Trinajstić information content (AvgIpc) is 2.47. The van der Waals surface area contributed by atoms with Gasteiger partial charge in [0.2, 0.25) is 0 Å². The van der Waals surface area contributed by atoms with Crippen molar-refractivity contribution in [2.24, 2.45) is 0 Å². The van der Waals surface area contributed by atoms with Crippen molar-refractivity contribution in [2.45, 2.75) is 6.92 Å². The molecular formula is C15H16N2O3. The summed E-state index contributed by atoms with van der Waals surface area (Å²) in [7, 11) is 0. The third-order valence-electron chi connectivity index (χ3n) is 2.62. The standard InChI is InChI=1S/C15H16N2O3/c1-11-2-4-12(5-3-11)20-13-6-7-16-14(10-13)15(19)17-8-9-18/h2-7,10,18H,8-9H2,1H3,(H,17,19). The van der Waals surface area contributed by atoms with Crippen molar-refractivity contribution in [3.63, 3.8) is 0 Å². The molecule has 5 nitrogen and oxygen atoms in total. The number of aromatic nitrogens is 1. The van der Waals surface area contributed by atoms with Crippen molar-refractivity contribution in [1.82, 2.24) is 10.3 Å². The second-order valence-corrected chi connectivity index (χ2v) is 4.27. The van der Waals surface area contributed by atoms with Gasteiger partial charge in [-0.1, -0.05) is 17.7 Å². The third-order valence-corrected chi connectivity index (χ3v) is 2.62. The highest BCUT2D eigenvalue weighted by Crippen LogP contribution is 2.21. The summed E-state index contributed by atoms with van der Waals surface area (Å²) in [6.45, 7) is 2.09. The smallest absolute Gasteiger partial charge is 0.270 e. The normalized spacial score (nSPS) is 10.1. The first-order valence-corrected chi connectivity index (χ1v) is 6.28. The average molecular weight is 272 g/mol. The van der Waals surface area contributed by atoms with Crippen molar-refractivity contribution in [3.05, 3.63) is 53.9 Å². The number of carbonyl (C=O) groups is 1. The summed E-state index contributed by atoms with van der Waals surface area (Å²) < 4.78 is 5.66. The van der Waals surface area contributed by atoms with Crippen molar-refractivity contribution in [1.29, 1.82) is 0 Å². The number of nitrogens with zero attached hydrogens (tertiary/aromatic N) is 1. The third kappa shape index (κ3) is 3.80. The van der Waals surface area contributed by atoms with Gasteiger partial charge < -0.3 is 15.2 Å². The Morgan fingerprint density at radius 3 is 2.70 bits per heavy atom. The molecule has 0 fully saturated rings. The number of nitrogens with one attached hydrogen (secondary N) is 1. The maximum atomic E-state index is 11.7. The van der Waals surface area contributed by atoms with Gasteiger partial charge in [-0.25, -0.2) is 0 Å². The first kappa shape index (κ1) is 14.0. The Morgan fingerprint density at radius 2 is 2.00 bits per heavy atom. The number of rotatable bonds is 5. The summed E-state index contributed by atoms with van der Waals surface area (Å²) in [6, 6.07) is 10.9. The Labute approximate surface area is 117 Å². The van der Waals surface area contributed by atoms with Crippen LogP contribution < -0.4 is 10.1 Å². The first-order chi connectivity index (χ1) is 9.69. The molecule has 0 atom stereocenters. The van der Waals surface area contributed by atoms with E-state index in [1.807, 2.05) is 31.2 Å². The van der Waals surface area contributed by atoms with E-state index in [4.69, 9.17) is 9.84 Å². The zero-order chi connectivity index (χ0) is 14.4. The number of carbonyl (C=O) groups excluding carboxylic acids is 1. The number of pyridine rings is 1. The van der Waals surface area contributed by atoms with Gasteiger partial charge in [0.1, 0.15) is 17.2 Å². The number of benzene rings is 1. The first-order valence-electron chi connectivity index (χ1n) is 6.28. The Bertz CT molecular complexity index is 582. The van der Waals surface area contributed by atoms with Gasteiger partial charge in [-0.05, 0) is 25.1 Å². The predicted octanol–water partition coefficient (Wildman–Crippen LogP) is 1.90. The van der Waals surface area contributed by atoms with E-state index in [1.165, 1.54) is 6.20 Å². The van der Waals surface area contributed by atoms with Crippen LogP contribution in [-0.4, -0.2) is 29.1 Å². The van der Waals surface area contributed by atoms with Crippen molar-refractivity contribution in [2.75, 3.05) is 13.2 Å². The molecule has 1 heterocycles. The second-order valence-electron chi connectivity index (χ2n) is 4.27. The maximum absolute atomic E-state index is 11.7. The number of hydrogen-bond acceptors (Lipinski definition) is 4. The van der Waals surface area contributed by atoms with Gasteiger partial charge in [0.15, 0.2) is 0 Å². The highest BCUT2D eigenvalue weighted by atomic mass is 16.5. The number of aryl methyl sites for hydroxylation is 1. The zero-order valence-electron chi connectivity index (χ0n) is 11.2. The Kier molecular flexibility index (Phi) is 4.68. The van der Waals surface area contributed by atoms with Gasteiger partial charge in [0.25, 0.3) is 5.91 Å². The minimum atomic E-state index is -0.339. The van der Waals surface area contributed by atoms with Crippen LogP contribution in [0.3, 0.4) is 0 Å². The fourth-order valence-electron chi connectivity index (χ4n) is 1.60. The van der Waals surface area contributed by atoms with Gasteiger partial charge in [-0.15, -0.1) is 0 Å². The molecule has 1 aromatic carbocycles. The van der Waals surface area contributed by atoms with Crippen LogP contribution in [0.15, 0.2) is 42.6 Å². The number of hydrogen-bond donors (Lipinski definition) is 2. The van der Waals surface area contributed by atoms with E-state index >= 15 is 0 Å². The molecule has 104 valence electrons. The topological polar surface area (TPSA) is 71.5 Å². The molecule has 1 amide bonds. The van der Waals surface area contributed by atoms with Gasteiger partial charge in [0, 0.05) is 18.8 Å². The Hall–Kier alpha value is -2.40. The molecule has 0 bridgehead atoms. The largest absolute Gasteiger partial charge is 0.457 e. The molecule has 0 aliphatic heterocycles. The van der Waals surface area contributed by atoms with Crippen molar-refractivity contribution < 1.29 is 14.6 Å². The quantitative estimate of drug-likeness (QED) is 0.872. The SMILES string of the molecule is Cc1ccc(Oc2ccnc(C(=O)NCCO)c2)cc1. The summed E-state index contributed by atoms with van der Waals surface area (Å²) in [5.41, 5.74) is 1.40. The number of ether oxygens (including phenoxy) is 1. The minimum absolute atomic E-state index is 0.106. The molecule has 0 unspecified atom stereocenters. The predicted molar refractivity (Wildman–Crippen MR) is 74.9 cm³/mol. The molecule has 0 radical (unpaired) electrons. The van der Waals surface area contributed by atoms with E-state index in [0.717, 1.165) is 5.56 Å². The monoisotopic (exact) mass is 272 g/mol. The van der Waals surface area contributed by atoms with E-state index in [2.05, 4.69) is 10.3 Å². The Balaban J connectivity index is 2.09. The van der Waals surface area contributed by atoms with Crippen LogP contribution in [0.4, 0.5) is 0 Å². The number of amides is 1. The van der Waals surface area contributed by atoms with Gasteiger partial charge in [0.05, 0.1) is 6.61 Å². The molecule has 20 heavy (non-hydrogen) atoms. The van der Waals surface area contributed by atoms with Crippen LogP contribution in [0.5, 0.6) is 11.5 Å². The van der Waals surface area contributed by atoms with Crippen LogP contribution in [0.1, 0.15) is 16.1 Å². The molecule has 2 aromatic rings. The molecule has 0 saturated carbocycles. The van der Waals surface area contributed by atoms with E-state index in [9.17, 15) is 4.79 Å². The summed E-state index contributed by atoms with van der Waals surface area (Å²) in [5, 5.41) is 11.2. The highest BCUT2D eigenvalue weighted by Gasteiger charge is 2.08. The van der Waals surface area contributed by atoms with Crippen LogP contribution >= 0.6 is 0 Å². The van der Waals surface area contributed by atoms with Crippen LogP contribution in [0.2, 0.25) is 0 Å². The molecule has 0 spiro atoms. The molecule has 0 aliphatic carbocycles. The van der Waals surface area contributed by atoms with Crippen LogP contribution in [0, 0.1) is 6.92 Å². The van der Waals surface area contributed by atoms with E-state index in [-0.39, 0.29) is 24.8 Å². The summed E-state index contributed by atoms with van der Waals surface area (Å²) in [4.78, 5) is 15.7. The van der Waals surface area contributed by atoms with E-state index in [1.54, 1.807) is 12.1 Å². The minimum Gasteiger partial charge on any atom is -0.457 e. The molecule has 0 aliphatic rings.